The van der Waals surface area contributed by atoms with Crippen molar-refractivity contribution in [3.8, 4) is 5.75 Å². The normalized spacial score (nSPS) is 27.2. The number of nitrogens with one attached hydrogen (secondary N) is 1. The molecular formula is C14H19NO3. The van der Waals surface area contributed by atoms with E-state index in [0.29, 0.717) is 17.7 Å². The summed E-state index contributed by atoms with van der Waals surface area (Å²) in [4.78, 5) is 12.2. The summed E-state index contributed by atoms with van der Waals surface area (Å²) in [5.74, 6) is -0.207. The first-order valence-corrected chi connectivity index (χ1v) is 6.17. The van der Waals surface area contributed by atoms with Gasteiger partial charge in [0.1, 0.15) is 5.75 Å². The van der Waals surface area contributed by atoms with Gasteiger partial charge < -0.3 is 15.2 Å². The van der Waals surface area contributed by atoms with Crippen LogP contribution >= 0.6 is 0 Å². The van der Waals surface area contributed by atoms with Crippen molar-refractivity contribution in [2.75, 3.05) is 6.61 Å². The number of amides is 1. The molecule has 2 N–H and O–H groups in total. The number of hydrogen-bond donors (Lipinski definition) is 2. The van der Waals surface area contributed by atoms with E-state index in [9.17, 15) is 9.90 Å². The molecular weight excluding hydrogens is 230 g/mol. The molecule has 4 nitrogen and oxygen atoms in total. The smallest absolute Gasteiger partial charge is 0.255 e. The van der Waals surface area contributed by atoms with E-state index in [1.54, 1.807) is 25.1 Å². The molecule has 1 saturated heterocycles. The van der Waals surface area contributed by atoms with Gasteiger partial charge in [0, 0.05) is 6.61 Å². The average molecular weight is 249 g/mol. The lowest BCUT2D eigenvalue weighted by Crippen LogP contribution is -2.50. The molecule has 1 amide bonds. The van der Waals surface area contributed by atoms with Crippen molar-refractivity contribution in [3.05, 3.63) is 29.3 Å². The number of ether oxygens (including phenoxy) is 1. The van der Waals surface area contributed by atoms with Crippen molar-refractivity contribution < 1.29 is 14.6 Å². The second kappa shape index (κ2) is 4.61. The quantitative estimate of drug-likeness (QED) is 0.842. The minimum absolute atomic E-state index is 0.0200. The topological polar surface area (TPSA) is 58.6 Å². The van der Waals surface area contributed by atoms with Gasteiger partial charge in [-0.05, 0) is 38.8 Å². The molecule has 4 heteroatoms. The lowest BCUT2D eigenvalue weighted by Gasteiger charge is -2.29. The summed E-state index contributed by atoms with van der Waals surface area (Å²) >= 11 is 0. The SMILES string of the molecule is Cc1cccc(C(=O)NC2(C)CCOC2C)c1O. The van der Waals surface area contributed by atoms with Crippen molar-refractivity contribution in [1.82, 2.24) is 5.32 Å². The van der Waals surface area contributed by atoms with Gasteiger partial charge in [-0.15, -0.1) is 0 Å². The Kier molecular flexibility index (Phi) is 3.30. The van der Waals surface area contributed by atoms with E-state index in [2.05, 4.69) is 5.32 Å². The number of rotatable bonds is 2. The first kappa shape index (κ1) is 12.9. The highest BCUT2D eigenvalue weighted by Gasteiger charge is 2.38. The lowest BCUT2D eigenvalue weighted by atomic mass is 9.94. The third-order valence-electron chi connectivity index (χ3n) is 3.77. The Bertz CT molecular complexity index is 472. The second-order valence-electron chi connectivity index (χ2n) is 5.11. The van der Waals surface area contributed by atoms with E-state index in [1.165, 1.54) is 0 Å². The predicted octanol–water partition coefficient (Wildman–Crippen LogP) is 2.00. The molecule has 1 heterocycles. The van der Waals surface area contributed by atoms with Crippen LogP contribution in [0.4, 0.5) is 0 Å². The van der Waals surface area contributed by atoms with E-state index in [4.69, 9.17) is 4.74 Å². The van der Waals surface area contributed by atoms with Crippen LogP contribution in [0.2, 0.25) is 0 Å². The number of carbonyl (C=O) groups is 1. The van der Waals surface area contributed by atoms with Crippen LogP contribution in [0.5, 0.6) is 5.75 Å². The molecule has 98 valence electrons. The van der Waals surface area contributed by atoms with Crippen molar-refractivity contribution in [2.24, 2.45) is 0 Å². The molecule has 0 radical (unpaired) electrons. The van der Waals surface area contributed by atoms with Crippen molar-refractivity contribution in [3.63, 3.8) is 0 Å². The molecule has 0 saturated carbocycles. The van der Waals surface area contributed by atoms with Crippen LogP contribution in [0, 0.1) is 6.92 Å². The van der Waals surface area contributed by atoms with Crippen LogP contribution in [-0.4, -0.2) is 29.3 Å². The fourth-order valence-electron chi connectivity index (χ4n) is 2.17. The third kappa shape index (κ3) is 2.20. The fraction of sp³-hybridized carbons (Fsp3) is 0.500. The van der Waals surface area contributed by atoms with Crippen molar-refractivity contribution in [1.29, 1.82) is 0 Å². The van der Waals surface area contributed by atoms with Gasteiger partial charge in [-0.25, -0.2) is 0 Å². The fourth-order valence-corrected chi connectivity index (χ4v) is 2.17. The van der Waals surface area contributed by atoms with E-state index < -0.39 is 0 Å². The zero-order valence-electron chi connectivity index (χ0n) is 11.0. The number of hydrogen-bond acceptors (Lipinski definition) is 3. The monoisotopic (exact) mass is 249 g/mol. The molecule has 2 unspecified atom stereocenters. The Hall–Kier alpha value is -1.55. The highest BCUT2D eigenvalue weighted by molar-refractivity contribution is 5.97. The summed E-state index contributed by atoms with van der Waals surface area (Å²) in [7, 11) is 0. The average Bonchev–Trinajstić information content (AvgIpc) is 2.62. The summed E-state index contributed by atoms with van der Waals surface area (Å²) in [5.41, 5.74) is 0.645. The molecule has 0 aromatic heterocycles. The standard InChI is InChI=1S/C14H19NO3/c1-9-5-4-6-11(12(9)16)13(17)15-14(3)7-8-18-10(14)2/h4-6,10,16H,7-8H2,1-3H3,(H,15,17). The van der Waals surface area contributed by atoms with E-state index >= 15 is 0 Å². The van der Waals surface area contributed by atoms with Gasteiger partial charge in [-0.1, -0.05) is 12.1 Å². The summed E-state index contributed by atoms with van der Waals surface area (Å²) < 4.78 is 5.48. The maximum absolute atomic E-state index is 12.2. The molecule has 1 fully saturated rings. The molecule has 0 aliphatic carbocycles. The van der Waals surface area contributed by atoms with Gasteiger partial charge >= 0.3 is 0 Å². The molecule has 2 atom stereocenters. The highest BCUT2D eigenvalue weighted by Crippen LogP contribution is 2.27. The number of para-hydroxylation sites is 1. The van der Waals surface area contributed by atoms with Crippen LogP contribution in [0.25, 0.3) is 0 Å². The number of phenols is 1. The largest absolute Gasteiger partial charge is 0.507 e. The molecule has 1 aromatic carbocycles. The summed E-state index contributed by atoms with van der Waals surface area (Å²) in [6.07, 6.45) is 0.764. The van der Waals surface area contributed by atoms with Gasteiger partial charge in [-0.2, -0.15) is 0 Å². The van der Waals surface area contributed by atoms with Crippen LogP contribution in [0.15, 0.2) is 18.2 Å². The molecule has 2 rings (SSSR count). The van der Waals surface area contributed by atoms with Gasteiger partial charge in [0.2, 0.25) is 0 Å². The predicted molar refractivity (Wildman–Crippen MR) is 68.7 cm³/mol. The van der Waals surface area contributed by atoms with Gasteiger partial charge in [0.25, 0.3) is 5.91 Å². The Balaban J connectivity index is 2.20. The van der Waals surface area contributed by atoms with Crippen LogP contribution < -0.4 is 5.32 Å². The maximum atomic E-state index is 12.2. The van der Waals surface area contributed by atoms with Gasteiger partial charge in [0.15, 0.2) is 0 Å². The summed E-state index contributed by atoms with van der Waals surface area (Å²) in [6, 6.07) is 5.16. The molecule has 1 aromatic rings. The first-order chi connectivity index (χ1) is 8.44. The Morgan fingerprint density at radius 3 is 2.89 bits per heavy atom. The minimum atomic E-state index is -0.368. The number of benzene rings is 1. The number of phenolic OH excluding ortho intramolecular Hbond substituents is 1. The van der Waals surface area contributed by atoms with E-state index in [1.807, 2.05) is 13.8 Å². The van der Waals surface area contributed by atoms with Crippen LogP contribution in [-0.2, 0) is 4.74 Å². The number of aromatic hydroxyl groups is 1. The van der Waals surface area contributed by atoms with Gasteiger partial charge in [-0.3, -0.25) is 4.79 Å². The third-order valence-corrected chi connectivity index (χ3v) is 3.77. The van der Waals surface area contributed by atoms with Crippen LogP contribution in [0.3, 0.4) is 0 Å². The maximum Gasteiger partial charge on any atom is 0.255 e. The van der Waals surface area contributed by atoms with E-state index in [-0.39, 0.29) is 23.3 Å². The van der Waals surface area contributed by atoms with Crippen LogP contribution in [0.1, 0.15) is 36.2 Å². The lowest BCUT2D eigenvalue weighted by molar-refractivity contribution is 0.0725. The van der Waals surface area contributed by atoms with Gasteiger partial charge in [0.05, 0.1) is 17.2 Å². The molecule has 0 spiro atoms. The number of aryl methyl sites for hydroxylation is 1. The summed E-state index contributed by atoms with van der Waals surface area (Å²) in [6.45, 7) is 6.34. The van der Waals surface area contributed by atoms with E-state index in [0.717, 1.165) is 6.42 Å². The van der Waals surface area contributed by atoms with Crippen molar-refractivity contribution >= 4 is 5.91 Å². The van der Waals surface area contributed by atoms with Crippen molar-refractivity contribution in [2.45, 2.75) is 38.8 Å². The summed E-state index contributed by atoms with van der Waals surface area (Å²) in [5, 5.41) is 12.9. The molecule has 1 aliphatic rings. The Morgan fingerprint density at radius 1 is 1.56 bits per heavy atom. The Labute approximate surface area is 107 Å². The molecule has 18 heavy (non-hydrogen) atoms. The molecule has 0 bridgehead atoms. The second-order valence-corrected chi connectivity index (χ2v) is 5.11. The molecule has 1 aliphatic heterocycles. The Morgan fingerprint density at radius 2 is 2.28 bits per heavy atom. The zero-order valence-corrected chi connectivity index (χ0v) is 11.0. The first-order valence-electron chi connectivity index (χ1n) is 6.17. The minimum Gasteiger partial charge on any atom is -0.507 e. The highest BCUT2D eigenvalue weighted by atomic mass is 16.5. The zero-order chi connectivity index (χ0) is 13.3. The number of carbonyl (C=O) groups excluding carboxylic acids is 1.